The molecule has 2 atom stereocenters. The van der Waals surface area contributed by atoms with E-state index in [9.17, 15) is 22.8 Å². The maximum Gasteiger partial charge on any atom is 0.347 e. The molecule has 0 bridgehead atoms. The van der Waals surface area contributed by atoms with Gasteiger partial charge in [0.1, 0.15) is 5.75 Å². The molecule has 0 spiro atoms. The van der Waals surface area contributed by atoms with E-state index in [1.54, 1.807) is 30.3 Å². The summed E-state index contributed by atoms with van der Waals surface area (Å²) in [7, 11) is 0. The van der Waals surface area contributed by atoms with Crippen molar-refractivity contribution in [3.63, 3.8) is 0 Å². The minimum absolute atomic E-state index is 0.443. The molecule has 2 aromatic carbocycles. The first-order valence-electron chi connectivity index (χ1n) is 7.66. The van der Waals surface area contributed by atoms with Gasteiger partial charge in [-0.2, -0.15) is 0 Å². The van der Waals surface area contributed by atoms with Crippen molar-refractivity contribution in [1.29, 1.82) is 0 Å². The first-order valence-corrected chi connectivity index (χ1v) is 7.66. The third-order valence-electron chi connectivity index (χ3n) is 3.34. The second-order valence-electron chi connectivity index (χ2n) is 5.36. The van der Waals surface area contributed by atoms with Crippen molar-refractivity contribution < 1.29 is 32.2 Å². The third kappa shape index (κ3) is 4.75. The Morgan fingerprint density at radius 2 is 1.58 bits per heavy atom. The van der Waals surface area contributed by atoms with Crippen molar-refractivity contribution in [1.82, 2.24) is 0 Å². The van der Waals surface area contributed by atoms with Gasteiger partial charge >= 0.3 is 5.97 Å². The van der Waals surface area contributed by atoms with E-state index in [4.69, 9.17) is 9.47 Å². The molecule has 0 aliphatic carbocycles. The molecule has 26 heavy (non-hydrogen) atoms. The zero-order valence-corrected chi connectivity index (χ0v) is 14.0. The number of esters is 1. The van der Waals surface area contributed by atoms with E-state index in [1.165, 1.54) is 13.8 Å². The zero-order chi connectivity index (χ0) is 19.3. The summed E-state index contributed by atoms with van der Waals surface area (Å²) in [5.41, 5.74) is -0.564. The van der Waals surface area contributed by atoms with Gasteiger partial charge in [0.15, 0.2) is 29.7 Å². The number of hydrogen-bond donors (Lipinski definition) is 1. The molecule has 0 saturated heterocycles. The Hall–Kier alpha value is -3.03. The fraction of sp³-hybridized carbons (Fsp3) is 0.222. The van der Waals surface area contributed by atoms with Crippen LogP contribution < -0.4 is 10.1 Å². The van der Waals surface area contributed by atoms with Crippen LogP contribution in [0.25, 0.3) is 0 Å². The molecule has 0 unspecified atom stereocenters. The highest BCUT2D eigenvalue weighted by Gasteiger charge is 2.24. The van der Waals surface area contributed by atoms with Crippen molar-refractivity contribution in [3.8, 4) is 5.75 Å². The molecule has 2 rings (SSSR count). The van der Waals surface area contributed by atoms with Crippen LogP contribution in [-0.4, -0.2) is 24.1 Å². The normalized spacial score (nSPS) is 12.8. The van der Waals surface area contributed by atoms with Gasteiger partial charge in [-0.15, -0.1) is 0 Å². The van der Waals surface area contributed by atoms with Crippen LogP contribution in [0.4, 0.5) is 18.9 Å². The average Bonchev–Trinajstić information content (AvgIpc) is 2.62. The highest BCUT2D eigenvalue weighted by Crippen LogP contribution is 2.20. The summed E-state index contributed by atoms with van der Waals surface area (Å²) >= 11 is 0. The standard InChI is InChI=1S/C18H16F3NO4/c1-10(17(23)22-14-9-8-13(19)15(20)16(14)21)26-18(24)11(2)25-12-6-4-3-5-7-12/h3-11H,1-2H3,(H,22,23)/t10-,11+/m0/s1. The fourth-order valence-electron chi connectivity index (χ4n) is 1.93. The summed E-state index contributed by atoms with van der Waals surface area (Å²) in [5, 5.41) is 2.03. The Morgan fingerprint density at radius 1 is 0.923 bits per heavy atom. The number of halogens is 3. The predicted octanol–water partition coefficient (Wildman–Crippen LogP) is 3.44. The molecule has 8 heteroatoms. The second kappa shape index (κ2) is 8.37. The van der Waals surface area contributed by atoms with Gasteiger partial charge in [0.05, 0.1) is 5.69 Å². The Bertz CT molecular complexity index is 799. The van der Waals surface area contributed by atoms with Gasteiger partial charge in [0.2, 0.25) is 0 Å². The van der Waals surface area contributed by atoms with Crippen molar-refractivity contribution >= 4 is 17.6 Å². The maximum absolute atomic E-state index is 13.6. The molecule has 0 aromatic heterocycles. The van der Waals surface area contributed by atoms with Crippen LogP contribution in [0.5, 0.6) is 5.75 Å². The molecule has 0 radical (unpaired) electrons. The number of anilines is 1. The number of carbonyl (C=O) groups excluding carboxylic acids is 2. The number of benzene rings is 2. The average molecular weight is 367 g/mol. The van der Waals surface area contributed by atoms with Crippen LogP contribution >= 0.6 is 0 Å². The van der Waals surface area contributed by atoms with Crippen LogP contribution in [0, 0.1) is 17.5 Å². The lowest BCUT2D eigenvalue weighted by Crippen LogP contribution is -2.35. The molecule has 0 heterocycles. The molecule has 5 nitrogen and oxygen atoms in total. The van der Waals surface area contributed by atoms with E-state index in [0.717, 1.165) is 6.07 Å². The summed E-state index contributed by atoms with van der Waals surface area (Å²) in [5.74, 6) is -5.92. The molecule has 0 fully saturated rings. The van der Waals surface area contributed by atoms with Gasteiger partial charge in [-0.1, -0.05) is 18.2 Å². The maximum atomic E-state index is 13.6. The SMILES string of the molecule is C[C@H](OC(=O)[C@@H](C)Oc1ccccc1)C(=O)Nc1ccc(F)c(F)c1F. The smallest absolute Gasteiger partial charge is 0.347 e. The molecular formula is C18H16F3NO4. The van der Waals surface area contributed by atoms with E-state index in [2.05, 4.69) is 0 Å². The molecule has 0 saturated carbocycles. The number of carbonyl (C=O) groups is 2. The van der Waals surface area contributed by atoms with Gasteiger partial charge in [-0.05, 0) is 38.1 Å². The molecule has 2 aromatic rings. The van der Waals surface area contributed by atoms with Crippen LogP contribution in [0.1, 0.15) is 13.8 Å². The van der Waals surface area contributed by atoms with Crippen LogP contribution in [-0.2, 0) is 14.3 Å². The van der Waals surface area contributed by atoms with Crippen LogP contribution in [0.2, 0.25) is 0 Å². The Labute approximate surface area is 147 Å². The number of nitrogens with one attached hydrogen (secondary N) is 1. The third-order valence-corrected chi connectivity index (χ3v) is 3.34. The Kier molecular flexibility index (Phi) is 6.21. The predicted molar refractivity (Wildman–Crippen MR) is 87.0 cm³/mol. The number of amides is 1. The molecular weight excluding hydrogens is 351 g/mol. The van der Waals surface area contributed by atoms with Gasteiger partial charge in [0.25, 0.3) is 5.91 Å². The van der Waals surface area contributed by atoms with Crippen molar-refractivity contribution in [3.05, 3.63) is 59.9 Å². The Morgan fingerprint density at radius 3 is 2.23 bits per heavy atom. The first kappa shape index (κ1) is 19.3. The van der Waals surface area contributed by atoms with Crippen molar-refractivity contribution in [2.24, 2.45) is 0 Å². The Balaban J connectivity index is 1.94. The molecule has 138 valence electrons. The monoisotopic (exact) mass is 367 g/mol. The summed E-state index contributed by atoms with van der Waals surface area (Å²) in [4.78, 5) is 23.9. The van der Waals surface area contributed by atoms with Gasteiger partial charge in [-0.3, -0.25) is 4.79 Å². The van der Waals surface area contributed by atoms with E-state index in [0.29, 0.717) is 11.8 Å². The number of ether oxygens (including phenoxy) is 2. The topological polar surface area (TPSA) is 64.6 Å². The number of hydrogen-bond acceptors (Lipinski definition) is 4. The number of para-hydroxylation sites is 1. The van der Waals surface area contributed by atoms with Crippen molar-refractivity contribution in [2.45, 2.75) is 26.1 Å². The van der Waals surface area contributed by atoms with Crippen LogP contribution in [0.15, 0.2) is 42.5 Å². The van der Waals surface area contributed by atoms with E-state index < -0.39 is 47.2 Å². The molecule has 1 N–H and O–H groups in total. The van der Waals surface area contributed by atoms with Crippen LogP contribution in [0.3, 0.4) is 0 Å². The summed E-state index contributed by atoms with van der Waals surface area (Å²) in [6.07, 6.45) is -2.30. The van der Waals surface area contributed by atoms with E-state index in [1.807, 2.05) is 5.32 Å². The molecule has 1 amide bonds. The van der Waals surface area contributed by atoms with Gasteiger partial charge in [-0.25, -0.2) is 18.0 Å². The van der Waals surface area contributed by atoms with Gasteiger partial charge in [0, 0.05) is 0 Å². The number of rotatable bonds is 6. The van der Waals surface area contributed by atoms with E-state index >= 15 is 0 Å². The highest BCUT2D eigenvalue weighted by atomic mass is 19.2. The first-order chi connectivity index (χ1) is 12.3. The van der Waals surface area contributed by atoms with Crippen molar-refractivity contribution in [2.75, 3.05) is 5.32 Å². The summed E-state index contributed by atoms with van der Waals surface area (Å²) in [6.45, 7) is 2.69. The summed E-state index contributed by atoms with van der Waals surface area (Å²) in [6, 6.07) is 10.0. The lowest BCUT2D eigenvalue weighted by atomic mass is 10.2. The lowest BCUT2D eigenvalue weighted by molar-refractivity contribution is -0.159. The lowest BCUT2D eigenvalue weighted by Gasteiger charge is -2.18. The minimum atomic E-state index is -1.71. The van der Waals surface area contributed by atoms with Gasteiger partial charge < -0.3 is 14.8 Å². The second-order valence-corrected chi connectivity index (χ2v) is 5.36. The molecule has 0 aliphatic heterocycles. The quantitative estimate of drug-likeness (QED) is 0.628. The summed E-state index contributed by atoms with van der Waals surface area (Å²) < 4.78 is 49.9. The van der Waals surface area contributed by atoms with E-state index in [-0.39, 0.29) is 0 Å². The fourth-order valence-corrected chi connectivity index (χ4v) is 1.93. The molecule has 0 aliphatic rings. The minimum Gasteiger partial charge on any atom is -0.479 e. The zero-order valence-electron chi connectivity index (χ0n) is 14.0. The highest BCUT2D eigenvalue weighted by molar-refractivity contribution is 5.95. The largest absolute Gasteiger partial charge is 0.479 e.